The van der Waals surface area contributed by atoms with Gasteiger partial charge in [-0.2, -0.15) is 0 Å². The van der Waals surface area contributed by atoms with Gasteiger partial charge >= 0.3 is 11.9 Å². The van der Waals surface area contributed by atoms with E-state index in [0.717, 1.165) is 5.03 Å². The molecule has 0 amide bonds. The smallest absolute Gasteiger partial charge is 0.356 e. The topological polar surface area (TPSA) is 78.4 Å². The Morgan fingerprint density at radius 3 is 1.96 bits per heavy atom. The van der Waals surface area contributed by atoms with E-state index < -0.39 is 11.9 Å². The highest BCUT2D eigenvalue weighted by Gasteiger charge is 2.08. The van der Waals surface area contributed by atoms with Crippen LogP contribution in [0, 0.1) is 0 Å². The summed E-state index contributed by atoms with van der Waals surface area (Å²) in [6, 6.07) is 10.4. The highest BCUT2D eigenvalue weighted by Crippen LogP contribution is 2.20. The maximum atomic E-state index is 11.2. The van der Waals surface area contributed by atoms with Crippen molar-refractivity contribution in [2.24, 2.45) is 0 Å². The number of carbonyl (C=O) groups excluding carboxylic acids is 2. The summed E-state index contributed by atoms with van der Waals surface area (Å²) >= 11 is 4.76. The number of aromatic nitrogens is 2. The van der Waals surface area contributed by atoms with Gasteiger partial charge in [-0.1, -0.05) is 26.0 Å². The summed E-state index contributed by atoms with van der Waals surface area (Å²) in [6.45, 7) is 4.16. The van der Waals surface area contributed by atoms with Gasteiger partial charge < -0.3 is 9.47 Å². The van der Waals surface area contributed by atoms with Gasteiger partial charge in [-0.05, 0) is 40.2 Å². The van der Waals surface area contributed by atoms with E-state index in [-0.39, 0.29) is 0 Å². The first-order valence-corrected chi connectivity index (χ1v) is 8.97. The number of pyridine rings is 2. The molecule has 0 aromatic carbocycles. The summed E-state index contributed by atoms with van der Waals surface area (Å²) in [5.41, 5.74) is 0.667. The second kappa shape index (κ2) is 10.8. The monoisotopic (exact) mass is 426 g/mol. The molecule has 6 nitrogen and oxygen atoms in total. The molecule has 0 aliphatic heterocycles. The van der Waals surface area contributed by atoms with Crippen molar-refractivity contribution in [3.63, 3.8) is 0 Å². The fourth-order valence-corrected chi connectivity index (χ4v) is 2.70. The minimum absolute atomic E-state index is 0.307. The first-order chi connectivity index (χ1) is 11.9. The van der Waals surface area contributed by atoms with Crippen LogP contribution >= 0.6 is 27.7 Å². The molecule has 0 aliphatic carbocycles. The number of hydrogen-bond acceptors (Lipinski definition) is 7. The van der Waals surface area contributed by atoms with Crippen LogP contribution in [0.25, 0.3) is 0 Å². The van der Waals surface area contributed by atoms with Crippen molar-refractivity contribution in [1.82, 2.24) is 9.97 Å². The van der Waals surface area contributed by atoms with Gasteiger partial charge in [-0.15, -0.1) is 11.8 Å². The first kappa shape index (κ1) is 21.1. The predicted octanol–water partition coefficient (Wildman–Crippen LogP) is 4.00. The Balaban J connectivity index is 0.000000257. The van der Waals surface area contributed by atoms with Gasteiger partial charge in [0.05, 0.1) is 19.2 Å². The SMILES string of the molecule is COC(=O)c1cccc(Br)n1.COC(=O)c1cccc(SC(C)C)n1. The molecule has 0 spiro atoms. The van der Waals surface area contributed by atoms with Crippen molar-refractivity contribution in [2.45, 2.75) is 24.1 Å². The third-order valence-electron chi connectivity index (χ3n) is 2.58. The Kier molecular flexibility index (Phi) is 9.15. The second-order valence-electron chi connectivity index (χ2n) is 4.86. The largest absolute Gasteiger partial charge is 0.464 e. The Morgan fingerprint density at radius 1 is 0.960 bits per heavy atom. The molecule has 0 atom stereocenters. The van der Waals surface area contributed by atoms with E-state index >= 15 is 0 Å². The van der Waals surface area contributed by atoms with Crippen LogP contribution in [0.5, 0.6) is 0 Å². The number of nitrogens with zero attached hydrogens (tertiary/aromatic N) is 2. The molecule has 0 radical (unpaired) electrons. The Hall–Kier alpha value is -1.93. The van der Waals surface area contributed by atoms with Crippen molar-refractivity contribution in [2.75, 3.05) is 14.2 Å². The first-order valence-electron chi connectivity index (χ1n) is 7.30. The van der Waals surface area contributed by atoms with Crippen LogP contribution in [0.2, 0.25) is 0 Å². The quantitative estimate of drug-likeness (QED) is 0.415. The molecule has 0 saturated heterocycles. The van der Waals surface area contributed by atoms with E-state index in [0.29, 0.717) is 21.2 Å². The van der Waals surface area contributed by atoms with E-state index in [9.17, 15) is 9.59 Å². The highest BCUT2D eigenvalue weighted by molar-refractivity contribution is 9.10. The maximum Gasteiger partial charge on any atom is 0.356 e. The van der Waals surface area contributed by atoms with Crippen LogP contribution in [-0.2, 0) is 9.47 Å². The maximum absolute atomic E-state index is 11.2. The molecule has 8 heteroatoms. The summed E-state index contributed by atoms with van der Waals surface area (Å²) in [7, 11) is 2.68. The highest BCUT2D eigenvalue weighted by atomic mass is 79.9. The standard InChI is InChI=1S/C10H13NO2S.C7H6BrNO2/c1-7(2)14-9-6-4-5-8(11-9)10(12)13-3;1-11-7(10)5-3-2-4-6(8)9-5/h4-7H,1-3H3;2-4H,1H3. The number of methoxy groups -OCH3 is 2. The van der Waals surface area contributed by atoms with Gasteiger partial charge in [0.2, 0.25) is 0 Å². The van der Waals surface area contributed by atoms with Gasteiger partial charge in [0.15, 0.2) is 0 Å². The van der Waals surface area contributed by atoms with Gasteiger partial charge in [0.25, 0.3) is 0 Å². The van der Waals surface area contributed by atoms with Crippen LogP contribution in [0.15, 0.2) is 46.0 Å². The van der Waals surface area contributed by atoms with Crippen molar-refractivity contribution in [3.8, 4) is 0 Å². The minimum atomic E-state index is -0.425. The molecule has 0 N–H and O–H groups in total. The van der Waals surface area contributed by atoms with E-state index in [1.807, 2.05) is 12.1 Å². The fourth-order valence-electron chi connectivity index (χ4n) is 1.57. The van der Waals surface area contributed by atoms with Crippen LogP contribution in [0.3, 0.4) is 0 Å². The number of esters is 2. The number of halogens is 1. The third-order valence-corrected chi connectivity index (χ3v) is 3.97. The van der Waals surface area contributed by atoms with E-state index in [1.165, 1.54) is 14.2 Å². The Bertz CT molecular complexity index is 725. The lowest BCUT2D eigenvalue weighted by atomic mass is 10.4. The minimum Gasteiger partial charge on any atom is -0.464 e. The third kappa shape index (κ3) is 7.66. The zero-order valence-corrected chi connectivity index (χ0v) is 16.8. The van der Waals surface area contributed by atoms with Gasteiger partial charge in [-0.25, -0.2) is 19.6 Å². The molecule has 0 bridgehead atoms. The lowest BCUT2D eigenvalue weighted by molar-refractivity contribution is 0.0585. The fraction of sp³-hybridized carbons (Fsp3) is 0.294. The van der Waals surface area contributed by atoms with Gasteiger partial charge in [0.1, 0.15) is 16.0 Å². The Labute approximate surface area is 159 Å². The van der Waals surface area contributed by atoms with Crippen LogP contribution in [-0.4, -0.2) is 41.4 Å². The molecule has 134 valence electrons. The molecule has 2 heterocycles. The van der Waals surface area contributed by atoms with Crippen LogP contribution in [0.4, 0.5) is 0 Å². The summed E-state index contributed by atoms with van der Waals surface area (Å²) in [5.74, 6) is -0.817. The van der Waals surface area contributed by atoms with Crippen molar-refractivity contribution >= 4 is 39.6 Å². The summed E-state index contributed by atoms with van der Waals surface area (Å²) in [6.07, 6.45) is 0. The predicted molar refractivity (Wildman–Crippen MR) is 99.8 cm³/mol. The lowest BCUT2D eigenvalue weighted by Gasteiger charge is -2.04. The van der Waals surface area contributed by atoms with E-state index in [1.54, 1.807) is 36.0 Å². The molecule has 0 aliphatic rings. The molecule has 2 aromatic heterocycles. The molecule has 0 fully saturated rings. The van der Waals surface area contributed by atoms with Crippen molar-refractivity contribution in [3.05, 3.63) is 52.4 Å². The number of hydrogen-bond donors (Lipinski definition) is 0. The molecular weight excluding hydrogens is 408 g/mol. The van der Waals surface area contributed by atoms with E-state index in [2.05, 4.69) is 49.2 Å². The molecule has 2 rings (SSSR count). The summed E-state index contributed by atoms with van der Waals surface area (Å²) < 4.78 is 9.68. The van der Waals surface area contributed by atoms with Gasteiger partial charge in [0, 0.05) is 5.25 Å². The van der Waals surface area contributed by atoms with Gasteiger partial charge in [-0.3, -0.25) is 0 Å². The molecule has 25 heavy (non-hydrogen) atoms. The summed E-state index contributed by atoms with van der Waals surface area (Å²) in [5, 5.41) is 1.30. The number of thioether (sulfide) groups is 1. The average molecular weight is 427 g/mol. The average Bonchev–Trinajstić information content (AvgIpc) is 2.60. The molecule has 2 aromatic rings. The second-order valence-corrected chi connectivity index (χ2v) is 7.27. The van der Waals surface area contributed by atoms with Crippen molar-refractivity contribution in [1.29, 1.82) is 0 Å². The molecule has 0 saturated carbocycles. The normalized spacial score (nSPS) is 9.84. The van der Waals surface area contributed by atoms with E-state index in [4.69, 9.17) is 0 Å². The van der Waals surface area contributed by atoms with Crippen LogP contribution < -0.4 is 0 Å². The lowest BCUT2D eigenvalue weighted by Crippen LogP contribution is -2.04. The Morgan fingerprint density at radius 2 is 1.48 bits per heavy atom. The molecular formula is C17H19BrN2O4S. The van der Waals surface area contributed by atoms with Crippen molar-refractivity contribution < 1.29 is 19.1 Å². The number of rotatable bonds is 4. The number of ether oxygens (including phenoxy) is 2. The zero-order valence-electron chi connectivity index (χ0n) is 14.4. The van der Waals surface area contributed by atoms with Crippen LogP contribution in [0.1, 0.15) is 34.8 Å². The number of carbonyl (C=O) groups is 2. The zero-order chi connectivity index (χ0) is 18.8. The summed E-state index contributed by atoms with van der Waals surface area (Å²) in [4.78, 5) is 30.1. The molecule has 0 unspecified atom stereocenters.